The van der Waals surface area contributed by atoms with E-state index < -0.39 is 0 Å². The van der Waals surface area contributed by atoms with Crippen molar-refractivity contribution in [2.45, 2.75) is 20.3 Å². The van der Waals surface area contributed by atoms with Crippen molar-refractivity contribution in [1.82, 2.24) is 9.88 Å². The lowest BCUT2D eigenvalue weighted by Gasteiger charge is -2.26. The Labute approximate surface area is 137 Å². The van der Waals surface area contributed by atoms with Gasteiger partial charge >= 0.3 is 0 Å². The SMILES string of the molecule is CN1CC(C)(C)Cc2ncc(C#Cc3ccccc3)cc2C1=O. The smallest absolute Gasteiger partial charge is 0.255 e. The molecular weight excluding hydrogens is 284 g/mol. The number of hydrogen-bond donors (Lipinski definition) is 0. The van der Waals surface area contributed by atoms with Gasteiger partial charge in [-0.3, -0.25) is 9.78 Å². The van der Waals surface area contributed by atoms with Crippen molar-refractivity contribution in [3.05, 3.63) is 65.0 Å². The molecule has 0 spiro atoms. The largest absolute Gasteiger partial charge is 0.341 e. The Bertz CT molecular complexity index is 797. The van der Waals surface area contributed by atoms with Crippen LogP contribution in [0.15, 0.2) is 42.6 Å². The van der Waals surface area contributed by atoms with E-state index in [0.29, 0.717) is 5.56 Å². The van der Waals surface area contributed by atoms with Gasteiger partial charge in [0.25, 0.3) is 5.91 Å². The topological polar surface area (TPSA) is 33.2 Å². The molecule has 0 saturated carbocycles. The first-order chi connectivity index (χ1) is 10.9. The second-order valence-electron chi connectivity index (χ2n) is 6.84. The highest BCUT2D eigenvalue weighted by Gasteiger charge is 2.31. The monoisotopic (exact) mass is 304 g/mol. The molecule has 0 saturated heterocycles. The van der Waals surface area contributed by atoms with Crippen LogP contribution in [0.5, 0.6) is 0 Å². The normalized spacial score (nSPS) is 16.1. The number of aromatic nitrogens is 1. The van der Waals surface area contributed by atoms with Gasteiger partial charge in [0.05, 0.1) is 11.3 Å². The van der Waals surface area contributed by atoms with Crippen LogP contribution in [0, 0.1) is 17.3 Å². The lowest BCUT2D eigenvalue weighted by Crippen LogP contribution is -2.33. The molecule has 116 valence electrons. The molecule has 2 aromatic rings. The van der Waals surface area contributed by atoms with Crippen molar-refractivity contribution < 1.29 is 4.79 Å². The van der Waals surface area contributed by atoms with Gasteiger partial charge in [0.1, 0.15) is 0 Å². The molecule has 3 rings (SSSR count). The Morgan fingerprint density at radius 2 is 1.83 bits per heavy atom. The Morgan fingerprint density at radius 3 is 2.57 bits per heavy atom. The fourth-order valence-electron chi connectivity index (χ4n) is 2.98. The van der Waals surface area contributed by atoms with E-state index in [1.165, 1.54) is 0 Å². The van der Waals surface area contributed by atoms with Crippen LogP contribution in [0.3, 0.4) is 0 Å². The third kappa shape index (κ3) is 3.43. The van der Waals surface area contributed by atoms with Crippen molar-refractivity contribution in [1.29, 1.82) is 0 Å². The fourth-order valence-corrected chi connectivity index (χ4v) is 2.98. The lowest BCUT2D eigenvalue weighted by molar-refractivity contribution is 0.0754. The summed E-state index contributed by atoms with van der Waals surface area (Å²) in [6, 6.07) is 11.7. The van der Waals surface area contributed by atoms with Gasteiger partial charge in [0, 0.05) is 30.9 Å². The van der Waals surface area contributed by atoms with Gasteiger partial charge in [-0.05, 0) is 30.0 Å². The van der Waals surface area contributed by atoms with Crippen LogP contribution >= 0.6 is 0 Å². The first-order valence-electron chi connectivity index (χ1n) is 7.76. The average Bonchev–Trinajstić information content (AvgIpc) is 2.61. The van der Waals surface area contributed by atoms with Crippen LogP contribution in [-0.4, -0.2) is 29.4 Å². The summed E-state index contributed by atoms with van der Waals surface area (Å²) in [6.45, 7) is 5.06. The van der Waals surface area contributed by atoms with Gasteiger partial charge in [0.15, 0.2) is 0 Å². The van der Waals surface area contributed by atoms with Gasteiger partial charge < -0.3 is 4.90 Å². The van der Waals surface area contributed by atoms with E-state index in [2.05, 4.69) is 30.7 Å². The molecule has 1 aromatic heterocycles. The van der Waals surface area contributed by atoms with Crippen LogP contribution in [0.25, 0.3) is 0 Å². The number of fused-ring (bicyclic) bond motifs is 1. The maximum absolute atomic E-state index is 12.6. The summed E-state index contributed by atoms with van der Waals surface area (Å²) in [5.74, 6) is 6.24. The predicted octanol–water partition coefficient (Wildman–Crippen LogP) is 3.14. The van der Waals surface area contributed by atoms with Gasteiger partial charge in [-0.1, -0.05) is 43.9 Å². The molecule has 0 bridgehead atoms. The summed E-state index contributed by atoms with van der Waals surface area (Å²) in [4.78, 5) is 18.9. The third-order valence-corrected chi connectivity index (χ3v) is 3.98. The molecule has 1 aliphatic heterocycles. The number of hydrogen-bond acceptors (Lipinski definition) is 2. The number of carbonyl (C=O) groups excluding carboxylic acids is 1. The Hall–Kier alpha value is -2.60. The Morgan fingerprint density at radius 1 is 1.13 bits per heavy atom. The zero-order valence-corrected chi connectivity index (χ0v) is 13.8. The minimum absolute atomic E-state index is 0.0277. The Kier molecular flexibility index (Phi) is 3.92. The Balaban J connectivity index is 1.98. The molecule has 0 aliphatic carbocycles. The van der Waals surface area contributed by atoms with Crippen molar-refractivity contribution >= 4 is 5.91 Å². The molecule has 0 unspecified atom stereocenters. The van der Waals surface area contributed by atoms with E-state index in [9.17, 15) is 4.79 Å². The van der Waals surface area contributed by atoms with Crippen LogP contribution < -0.4 is 0 Å². The number of carbonyl (C=O) groups is 1. The van der Waals surface area contributed by atoms with Crippen molar-refractivity contribution in [2.24, 2.45) is 5.41 Å². The summed E-state index contributed by atoms with van der Waals surface area (Å²) in [7, 11) is 1.85. The number of amides is 1. The summed E-state index contributed by atoms with van der Waals surface area (Å²) >= 11 is 0. The summed E-state index contributed by atoms with van der Waals surface area (Å²) in [5.41, 5.74) is 3.30. The summed E-state index contributed by atoms with van der Waals surface area (Å²) in [5, 5.41) is 0. The average molecular weight is 304 g/mol. The van der Waals surface area contributed by atoms with Gasteiger partial charge in [-0.25, -0.2) is 0 Å². The van der Waals surface area contributed by atoms with Crippen molar-refractivity contribution in [2.75, 3.05) is 13.6 Å². The molecule has 1 aliphatic rings. The van der Waals surface area contributed by atoms with E-state index >= 15 is 0 Å². The highest BCUT2D eigenvalue weighted by molar-refractivity contribution is 5.96. The zero-order chi connectivity index (χ0) is 16.4. The van der Waals surface area contributed by atoms with Crippen molar-refractivity contribution in [3.8, 4) is 11.8 Å². The second-order valence-corrected chi connectivity index (χ2v) is 6.84. The fraction of sp³-hybridized carbons (Fsp3) is 0.300. The number of nitrogens with zero attached hydrogens (tertiary/aromatic N) is 2. The summed E-state index contributed by atoms with van der Waals surface area (Å²) in [6.07, 6.45) is 2.56. The molecule has 2 heterocycles. The van der Waals surface area contributed by atoms with E-state index in [4.69, 9.17) is 0 Å². The lowest BCUT2D eigenvalue weighted by atomic mass is 9.87. The molecule has 0 N–H and O–H groups in total. The second kappa shape index (κ2) is 5.89. The van der Waals surface area contributed by atoms with E-state index in [0.717, 1.165) is 29.8 Å². The molecule has 1 amide bonds. The maximum Gasteiger partial charge on any atom is 0.255 e. The highest BCUT2D eigenvalue weighted by Crippen LogP contribution is 2.28. The molecule has 3 heteroatoms. The van der Waals surface area contributed by atoms with Crippen LogP contribution in [0.1, 0.15) is 41.0 Å². The molecular formula is C20H20N2O. The molecule has 3 nitrogen and oxygen atoms in total. The van der Waals surface area contributed by atoms with Crippen LogP contribution in [0.2, 0.25) is 0 Å². The molecule has 23 heavy (non-hydrogen) atoms. The zero-order valence-electron chi connectivity index (χ0n) is 13.8. The van der Waals surface area contributed by atoms with Gasteiger partial charge in [-0.15, -0.1) is 0 Å². The maximum atomic E-state index is 12.6. The highest BCUT2D eigenvalue weighted by atomic mass is 16.2. The van der Waals surface area contributed by atoms with Crippen molar-refractivity contribution in [3.63, 3.8) is 0 Å². The molecule has 0 radical (unpaired) electrons. The number of benzene rings is 1. The minimum atomic E-state index is 0.0277. The standard InChI is InChI=1S/C20H20N2O/c1-20(2)12-18-17(19(23)22(3)14-20)11-16(13-21-18)10-9-15-7-5-4-6-8-15/h4-8,11,13H,12,14H2,1-3H3. The van der Waals surface area contributed by atoms with Crippen LogP contribution in [-0.2, 0) is 6.42 Å². The van der Waals surface area contributed by atoms with Crippen LogP contribution in [0.4, 0.5) is 0 Å². The van der Waals surface area contributed by atoms with Gasteiger partial charge in [0.2, 0.25) is 0 Å². The minimum Gasteiger partial charge on any atom is -0.341 e. The first-order valence-corrected chi connectivity index (χ1v) is 7.76. The quantitative estimate of drug-likeness (QED) is 0.701. The molecule has 0 atom stereocenters. The number of rotatable bonds is 0. The van der Waals surface area contributed by atoms with E-state index in [1.54, 1.807) is 11.1 Å². The summed E-state index contributed by atoms with van der Waals surface area (Å²) < 4.78 is 0. The van der Waals surface area contributed by atoms with E-state index in [1.807, 2.05) is 43.4 Å². The molecule has 1 aromatic carbocycles. The predicted molar refractivity (Wildman–Crippen MR) is 91.1 cm³/mol. The molecule has 0 fully saturated rings. The first kappa shape index (κ1) is 15.3. The number of pyridine rings is 1. The van der Waals surface area contributed by atoms with E-state index in [-0.39, 0.29) is 11.3 Å². The third-order valence-electron chi connectivity index (χ3n) is 3.98. The van der Waals surface area contributed by atoms with Gasteiger partial charge in [-0.2, -0.15) is 0 Å².